The van der Waals surface area contributed by atoms with Crippen molar-refractivity contribution >= 4 is 11.9 Å². The Labute approximate surface area is 115 Å². The van der Waals surface area contributed by atoms with Crippen molar-refractivity contribution in [1.82, 2.24) is 0 Å². The number of esters is 2. The molecular formula is C14H27NO4. The molecule has 0 amide bonds. The highest BCUT2D eigenvalue weighted by atomic mass is 16.6. The van der Waals surface area contributed by atoms with E-state index in [4.69, 9.17) is 15.2 Å². The van der Waals surface area contributed by atoms with Gasteiger partial charge in [-0.1, -0.05) is 6.92 Å². The van der Waals surface area contributed by atoms with Gasteiger partial charge < -0.3 is 15.2 Å². The number of carbonyl (C=O) groups is 2. The van der Waals surface area contributed by atoms with E-state index in [2.05, 4.69) is 0 Å². The third-order valence-corrected chi connectivity index (χ3v) is 2.13. The van der Waals surface area contributed by atoms with Crippen molar-refractivity contribution in [2.45, 2.75) is 72.1 Å². The summed E-state index contributed by atoms with van der Waals surface area (Å²) in [6.45, 7) is 12.4. The van der Waals surface area contributed by atoms with Gasteiger partial charge in [0.15, 0.2) is 0 Å². The number of hydrogen-bond donors (Lipinski definition) is 1. The van der Waals surface area contributed by atoms with Gasteiger partial charge in [0, 0.05) is 0 Å². The first kappa shape index (κ1) is 17.9. The zero-order valence-electron chi connectivity index (χ0n) is 13.1. The standard InChI is InChI=1S/C14H27NO4/c1-9(11(16)18-13(2,3)4)8-10(15)12(17)19-14(5,6)7/h9-10H,8,15H2,1-7H3/t9-,10+/m0/s1. The van der Waals surface area contributed by atoms with Crippen molar-refractivity contribution in [3.63, 3.8) is 0 Å². The largest absolute Gasteiger partial charge is 0.460 e. The molecule has 5 heteroatoms. The molecule has 0 rings (SSSR count). The molecule has 0 radical (unpaired) electrons. The minimum atomic E-state index is -0.818. The van der Waals surface area contributed by atoms with Gasteiger partial charge >= 0.3 is 11.9 Å². The maximum Gasteiger partial charge on any atom is 0.323 e. The number of hydrogen-bond acceptors (Lipinski definition) is 5. The first-order valence-corrected chi connectivity index (χ1v) is 6.53. The van der Waals surface area contributed by atoms with E-state index in [1.165, 1.54) is 0 Å². The summed E-state index contributed by atoms with van der Waals surface area (Å²) in [5, 5.41) is 0. The molecule has 5 nitrogen and oxygen atoms in total. The zero-order valence-corrected chi connectivity index (χ0v) is 13.1. The number of rotatable bonds is 4. The highest BCUT2D eigenvalue weighted by Crippen LogP contribution is 2.16. The van der Waals surface area contributed by atoms with Crippen LogP contribution >= 0.6 is 0 Å². The molecule has 0 heterocycles. The Morgan fingerprint density at radius 2 is 1.32 bits per heavy atom. The number of ether oxygens (including phenoxy) is 2. The lowest BCUT2D eigenvalue weighted by molar-refractivity contribution is -0.161. The quantitative estimate of drug-likeness (QED) is 0.793. The molecule has 0 aliphatic carbocycles. The predicted molar refractivity (Wildman–Crippen MR) is 73.4 cm³/mol. The van der Waals surface area contributed by atoms with Gasteiger partial charge in [-0.3, -0.25) is 9.59 Å². The molecule has 2 atom stereocenters. The third kappa shape index (κ3) is 8.59. The Kier molecular flexibility index (Phi) is 6.00. The molecular weight excluding hydrogens is 246 g/mol. The molecule has 0 fully saturated rings. The van der Waals surface area contributed by atoms with E-state index < -0.39 is 29.1 Å². The van der Waals surface area contributed by atoms with E-state index in [0.717, 1.165) is 0 Å². The van der Waals surface area contributed by atoms with Gasteiger partial charge in [-0.15, -0.1) is 0 Å². The molecule has 0 aromatic heterocycles. The van der Waals surface area contributed by atoms with Gasteiger partial charge in [0.05, 0.1) is 5.92 Å². The molecule has 0 spiro atoms. The average Bonchev–Trinajstić information content (AvgIpc) is 2.11. The lowest BCUT2D eigenvalue weighted by atomic mass is 10.0. The van der Waals surface area contributed by atoms with Crippen molar-refractivity contribution in [2.75, 3.05) is 0 Å². The van der Waals surface area contributed by atoms with E-state index in [-0.39, 0.29) is 12.4 Å². The van der Waals surface area contributed by atoms with E-state index in [0.29, 0.717) is 0 Å². The summed E-state index contributed by atoms with van der Waals surface area (Å²) in [6, 6.07) is -0.818. The van der Waals surface area contributed by atoms with Crippen molar-refractivity contribution < 1.29 is 19.1 Å². The monoisotopic (exact) mass is 273 g/mol. The van der Waals surface area contributed by atoms with Crippen LogP contribution in [0.2, 0.25) is 0 Å². The minimum absolute atomic E-state index is 0.212. The van der Waals surface area contributed by atoms with Crippen molar-refractivity contribution in [2.24, 2.45) is 11.7 Å². The second-order valence-corrected chi connectivity index (χ2v) is 6.81. The SMILES string of the molecule is C[C@@H](C[C@@H](N)C(=O)OC(C)(C)C)C(=O)OC(C)(C)C. The summed E-state index contributed by atoms with van der Waals surface area (Å²) in [5.41, 5.74) is 4.62. The van der Waals surface area contributed by atoms with Gasteiger partial charge in [-0.05, 0) is 48.0 Å². The summed E-state index contributed by atoms with van der Waals surface area (Å²) in [5.74, 6) is -1.30. The second-order valence-electron chi connectivity index (χ2n) is 6.81. The number of carbonyl (C=O) groups excluding carboxylic acids is 2. The molecule has 0 saturated heterocycles. The van der Waals surface area contributed by atoms with Gasteiger partial charge in [-0.25, -0.2) is 0 Å². The Hall–Kier alpha value is -1.10. The molecule has 0 aromatic carbocycles. The van der Waals surface area contributed by atoms with Crippen LogP contribution in [0.25, 0.3) is 0 Å². The molecule has 0 aliphatic heterocycles. The smallest absolute Gasteiger partial charge is 0.323 e. The molecule has 112 valence electrons. The molecule has 0 aromatic rings. The Bertz CT molecular complexity index is 293. The molecule has 0 saturated carbocycles. The fourth-order valence-electron chi connectivity index (χ4n) is 1.35. The van der Waals surface area contributed by atoms with Gasteiger partial charge in [0.1, 0.15) is 17.2 Å². The molecule has 0 aliphatic rings. The molecule has 0 unspecified atom stereocenters. The summed E-state index contributed by atoms with van der Waals surface area (Å²) in [7, 11) is 0. The van der Waals surface area contributed by atoms with Crippen LogP contribution in [-0.2, 0) is 19.1 Å². The zero-order chi connectivity index (χ0) is 15.4. The van der Waals surface area contributed by atoms with Gasteiger partial charge in [0.2, 0.25) is 0 Å². The van der Waals surface area contributed by atoms with E-state index in [1.54, 1.807) is 48.5 Å². The average molecular weight is 273 g/mol. The summed E-state index contributed by atoms with van der Waals surface area (Å²) >= 11 is 0. The van der Waals surface area contributed by atoms with E-state index in [9.17, 15) is 9.59 Å². The lowest BCUT2D eigenvalue weighted by Crippen LogP contribution is -2.40. The van der Waals surface area contributed by atoms with Crippen molar-refractivity contribution in [3.05, 3.63) is 0 Å². The van der Waals surface area contributed by atoms with Crippen LogP contribution < -0.4 is 5.73 Å². The maximum atomic E-state index is 11.8. The van der Waals surface area contributed by atoms with Crippen molar-refractivity contribution in [1.29, 1.82) is 0 Å². The topological polar surface area (TPSA) is 78.6 Å². The lowest BCUT2D eigenvalue weighted by Gasteiger charge is -2.25. The van der Waals surface area contributed by atoms with Crippen molar-refractivity contribution in [3.8, 4) is 0 Å². The van der Waals surface area contributed by atoms with E-state index >= 15 is 0 Å². The van der Waals surface area contributed by atoms with Crippen LogP contribution in [0.3, 0.4) is 0 Å². The Balaban J connectivity index is 4.36. The Morgan fingerprint density at radius 1 is 0.947 bits per heavy atom. The van der Waals surface area contributed by atoms with Crippen LogP contribution in [0, 0.1) is 5.92 Å². The maximum absolute atomic E-state index is 11.8. The fourth-order valence-corrected chi connectivity index (χ4v) is 1.35. The summed E-state index contributed by atoms with van der Waals surface area (Å²) in [6.07, 6.45) is 0.212. The number of nitrogens with two attached hydrogens (primary N) is 1. The highest BCUT2D eigenvalue weighted by Gasteiger charge is 2.28. The van der Waals surface area contributed by atoms with Crippen LogP contribution in [0.15, 0.2) is 0 Å². The van der Waals surface area contributed by atoms with Crippen LogP contribution in [0.5, 0.6) is 0 Å². The predicted octanol–water partition coefficient (Wildman–Crippen LogP) is 2.02. The molecule has 0 bridgehead atoms. The molecule has 19 heavy (non-hydrogen) atoms. The summed E-state index contributed by atoms with van der Waals surface area (Å²) in [4.78, 5) is 23.5. The summed E-state index contributed by atoms with van der Waals surface area (Å²) < 4.78 is 10.4. The Morgan fingerprint density at radius 3 is 1.68 bits per heavy atom. The minimum Gasteiger partial charge on any atom is -0.460 e. The normalized spacial score (nSPS) is 15.6. The highest BCUT2D eigenvalue weighted by molar-refractivity contribution is 5.78. The van der Waals surface area contributed by atoms with Gasteiger partial charge in [-0.2, -0.15) is 0 Å². The first-order valence-electron chi connectivity index (χ1n) is 6.53. The van der Waals surface area contributed by atoms with Crippen LogP contribution in [0.4, 0.5) is 0 Å². The van der Waals surface area contributed by atoms with E-state index in [1.807, 2.05) is 0 Å². The van der Waals surface area contributed by atoms with Gasteiger partial charge in [0.25, 0.3) is 0 Å². The molecule has 2 N–H and O–H groups in total. The third-order valence-electron chi connectivity index (χ3n) is 2.13. The fraction of sp³-hybridized carbons (Fsp3) is 0.857. The van der Waals surface area contributed by atoms with Crippen LogP contribution in [-0.4, -0.2) is 29.2 Å². The van der Waals surface area contributed by atoms with Crippen LogP contribution in [0.1, 0.15) is 54.9 Å². The first-order chi connectivity index (χ1) is 8.32. The second kappa shape index (κ2) is 6.37.